The van der Waals surface area contributed by atoms with E-state index in [4.69, 9.17) is 4.74 Å². The molecule has 0 aromatic carbocycles. The van der Waals surface area contributed by atoms with E-state index >= 15 is 0 Å². The van der Waals surface area contributed by atoms with Gasteiger partial charge in [-0.25, -0.2) is 0 Å². The Kier molecular flexibility index (Phi) is 3.19. The number of amides is 1. The fraction of sp³-hybridized carbons (Fsp3) is 0.818. The molecule has 1 fully saturated rings. The summed E-state index contributed by atoms with van der Waals surface area (Å²) < 4.78 is 5.25. The molecule has 0 spiro atoms. The summed E-state index contributed by atoms with van der Waals surface area (Å²) in [6.45, 7) is 7.83. The number of nitrogens with zero attached hydrogens (tertiary/aromatic N) is 1. The predicted molar refractivity (Wildman–Crippen MR) is 56.9 cm³/mol. The molecule has 1 aliphatic heterocycles. The van der Waals surface area contributed by atoms with E-state index in [1.165, 1.54) is 4.90 Å². The highest BCUT2D eigenvalue weighted by Gasteiger charge is 2.52. The van der Waals surface area contributed by atoms with Crippen molar-refractivity contribution >= 4 is 12.4 Å². The molecule has 1 radical (unpaired) electrons. The second kappa shape index (κ2) is 3.93. The van der Waals surface area contributed by atoms with Gasteiger partial charge in [-0.3, -0.25) is 4.79 Å². The molecule has 1 aliphatic rings. The van der Waals surface area contributed by atoms with E-state index in [0.29, 0.717) is 6.54 Å². The topological polar surface area (TPSA) is 49.3 Å². The maximum absolute atomic E-state index is 11.8. The Morgan fingerprint density at radius 1 is 1.47 bits per heavy atom. The maximum Gasteiger partial charge on any atom is 0.567 e. The van der Waals surface area contributed by atoms with Gasteiger partial charge in [-0.15, -0.1) is 0 Å². The molecule has 15 heavy (non-hydrogen) atoms. The Morgan fingerprint density at radius 3 is 2.53 bits per heavy atom. The summed E-state index contributed by atoms with van der Waals surface area (Å²) in [5.41, 5.74) is -1.19. The molecule has 0 saturated carbocycles. The smallest absolute Gasteiger partial charge is 0.411 e. The standard InChI is InChI=1S/C11H19NO3/c1-10(2,3)15-9(14)12-7-5-6-11(12,4)8-13/h8H,5-7H2,1-4H3/q+1/t11-/m0/s1. The lowest BCUT2D eigenvalue weighted by molar-refractivity contribution is -0.114. The maximum atomic E-state index is 11.8. The molecular weight excluding hydrogens is 194 g/mol. The molecule has 1 saturated heterocycles. The average Bonchev–Trinajstić information content (AvgIpc) is 2.45. The first-order valence-electron chi connectivity index (χ1n) is 5.25. The zero-order valence-corrected chi connectivity index (χ0v) is 9.87. The first kappa shape index (κ1) is 12.2. The number of likely N-dealkylation sites (tertiary alicyclic amines) is 1. The number of ether oxygens (including phenoxy) is 1. The molecule has 0 N–H and O–H groups in total. The molecular formula is C11H19NO3+. The Labute approximate surface area is 90.6 Å². The molecule has 4 nitrogen and oxygen atoms in total. The van der Waals surface area contributed by atoms with Gasteiger partial charge < -0.3 is 4.74 Å². The largest absolute Gasteiger partial charge is 0.567 e. The minimum atomic E-state index is -0.678. The highest BCUT2D eigenvalue weighted by molar-refractivity contribution is 5.80. The first-order valence-corrected chi connectivity index (χ1v) is 5.25. The molecule has 4 heteroatoms. The predicted octanol–water partition coefficient (Wildman–Crippen LogP) is 1.81. The van der Waals surface area contributed by atoms with Gasteiger partial charge in [0.15, 0.2) is 6.29 Å². The Bertz CT molecular complexity index is 269. The van der Waals surface area contributed by atoms with Crippen LogP contribution in [0.15, 0.2) is 0 Å². The minimum absolute atomic E-state index is 0.394. The van der Waals surface area contributed by atoms with Crippen LogP contribution in [0.4, 0.5) is 4.79 Å². The van der Waals surface area contributed by atoms with Crippen LogP contribution in [0, 0.1) is 0 Å². The minimum Gasteiger partial charge on any atom is -0.411 e. The van der Waals surface area contributed by atoms with Gasteiger partial charge in [0, 0.05) is 19.8 Å². The summed E-state index contributed by atoms with van der Waals surface area (Å²) in [5, 5.41) is 0. The van der Waals surface area contributed by atoms with Crippen LogP contribution in [0.2, 0.25) is 0 Å². The van der Waals surface area contributed by atoms with E-state index in [1.807, 2.05) is 20.8 Å². The zero-order chi connectivity index (χ0) is 11.7. The third-order valence-electron chi connectivity index (χ3n) is 2.55. The van der Waals surface area contributed by atoms with Crippen LogP contribution in [-0.4, -0.2) is 30.1 Å². The Hall–Kier alpha value is -0.900. The number of carbonyl (C=O) groups excluding carboxylic acids is 2. The molecule has 0 aromatic heterocycles. The van der Waals surface area contributed by atoms with E-state index in [2.05, 4.69) is 0 Å². The zero-order valence-electron chi connectivity index (χ0n) is 9.87. The molecule has 0 unspecified atom stereocenters. The van der Waals surface area contributed by atoms with E-state index < -0.39 is 17.2 Å². The third-order valence-corrected chi connectivity index (χ3v) is 2.55. The molecule has 0 aliphatic carbocycles. The van der Waals surface area contributed by atoms with Crippen LogP contribution in [0.25, 0.3) is 0 Å². The van der Waals surface area contributed by atoms with Crippen LogP contribution in [0.5, 0.6) is 0 Å². The van der Waals surface area contributed by atoms with Crippen molar-refractivity contribution in [2.24, 2.45) is 0 Å². The lowest BCUT2D eigenvalue weighted by Crippen LogP contribution is -2.52. The summed E-state index contributed by atoms with van der Waals surface area (Å²) >= 11 is 0. The van der Waals surface area contributed by atoms with Crippen LogP contribution in [0.1, 0.15) is 40.5 Å². The van der Waals surface area contributed by atoms with E-state index in [1.54, 1.807) is 6.92 Å². The van der Waals surface area contributed by atoms with Gasteiger partial charge in [0.1, 0.15) is 12.1 Å². The number of hydrogen-bond acceptors (Lipinski definition) is 3. The van der Waals surface area contributed by atoms with Crippen molar-refractivity contribution in [1.29, 1.82) is 0 Å². The van der Waals surface area contributed by atoms with E-state index in [-0.39, 0.29) is 0 Å². The van der Waals surface area contributed by atoms with Crippen molar-refractivity contribution in [2.75, 3.05) is 6.54 Å². The van der Waals surface area contributed by atoms with Crippen molar-refractivity contribution in [1.82, 2.24) is 4.90 Å². The first-order chi connectivity index (χ1) is 6.78. The summed E-state index contributed by atoms with van der Waals surface area (Å²) in [6, 6.07) is 0. The summed E-state index contributed by atoms with van der Waals surface area (Å²) in [4.78, 5) is 24.3. The van der Waals surface area contributed by atoms with Gasteiger partial charge >= 0.3 is 6.09 Å². The van der Waals surface area contributed by atoms with E-state index in [9.17, 15) is 9.59 Å². The van der Waals surface area contributed by atoms with Crippen molar-refractivity contribution in [3.8, 4) is 0 Å². The monoisotopic (exact) mass is 213 g/mol. The highest BCUT2D eigenvalue weighted by Crippen LogP contribution is 2.26. The van der Waals surface area contributed by atoms with Gasteiger partial charge in [0.05, 0.1) is 0 Å². The second-order valence-corrected chi connectivity index (χ2v) is 5.21. The van der Waals surface area contributed by atoms with Gasteiger partial charge in [-0.05, 0) is 25.7 Å². The molecule has 1 rings (SSSR count). The molecule has 0 aromatic rings. The molecule has 1 heterocycles. The average molecular weight is 213 g/mol. The number of hydrogen-bond donors (Lipinski definition) is 0. The second-order valence-electron chi connectivity index (χ2n) is 5.21. The molecule has 0 bridgehead atoms. The van der Waals surface area contributed by atoms with Crippen LogP contribution in [-0.2, 0) is 9.53 Å². The van der Waals surface area contributed by atoms with E-state index in [0.717, 1.165) is 19.1 Å². The fourth-order valence-corrected chi connectivity index (χ4v) is 1.72. The molecule has 1 atom stereocenters. The normalized spacial score (nSPS) is 27.7. The summed E-state index contributed by atoms with van der Waals surface area (Å²) in [6.07, 6.45) is 2.02. The SMILES string of the molecule is CC(C)(C)OC(=O)[N+]1CCC[C@@]1(C)C=O. The van der Waals surface area contributed by atoms with Crippen molar-refractivity contribution in [3.05, 3.63) is 0 Å². The summed E-state index contributed by atoms with van der Waals surface area (Å²) in [7, 11) is 0. The Balaban J connectivity index is 2.72. The van der Waals surface area contributed by atoms with Gasteiger partial charge in [0.2, 0.25) is 5.54 Å². The quantitative estimate of drug-likeness (QED) is 0.493. The number of rotatable bonds is 1. The molecule has 85 valence electrons. The lowest BCUT2D eigenvalue weighted by atomic mass is 10.0. The number of carbonyl (C=O) groups is 2. The van der Waals surface area contributed by atoms with Crippen LogP contribution < -0.4 is 4.90 Å². The fourth-order valence-electron chi connectivity index (χ4n) is 1.72. The molecule has 1 amide bonds. The van der Waals surface area contributed by atoms with Crippen LogP contribution in [0.3, 0.4) is 0 Å². The van der Waals surface area contributed by atoms with Crippen molar-refractivity contribution in [3.63, 3.8) is 0 Å². The van der Waals surface area contributed by atoms with Gasteiger partial charge in [-0.2, -0.15) is 4.79 Å². The third kappa shape index (κ3) is 2.78. The van der Waals surface area contributed by atoms with Crippen LogP contribution >= 0.6 is 0 Å². The summed E-state index contributed by atoms with van der Waals surface area (Å²) in [5.74, 6) is 0. The lowest BCUT2D eigenvalue weighted by Gasteiger charge is -2.22. The highest BCUT2D eigenvalue weighted by atomic mass is 16.6. The van der Waals surface area contributed by atoms with Gasteiger partial charge in [-0.1, -0.05) is 0 Å². The van der Waals surface area contributed by atoms with Gasteiger partial charge in [0.25, 0.3) is 0 Å². The van der Waals surface area contributed by atoms with Crippen molar-refractivity contribution in [2.45, 2.75) is 51.7 Å². The van der Waals surface area contributed by atoms with Crippen molar-refractivity contribution < 1.29 is 14.3 Å². The number of aldehydes is 1. The Morgan fingerprint density at radius 2 is 2.07 bits per heavy atom.